The Morgan fingerprint density at radius 2 is 1.75 bits per heavy atom. The predicted octanol–water partition coefficient (Wildman–Crippen LogP) is 3.76. The monoisotopic (exact) mass is 801 g/mol. The summed E-state index contributed by atoms with van der Waals surface area (Å²) in [5, 5.41) is 4.54. The molecule has 3 fully saturated rings. The van der Waals surface area contributed by atoms with Crippen molar-refractivity contribution in [1.82, 2.24) is 25.2 Å². The van der Waals surface area contributed by atoms with E-state index in [0.29, 0.717) is 24.0 Å². The summed E-state index contributed by atoms with van der Waals surface area (Å²) in [6, 6.07) is 1.72. The molecule has 2 aliphatic carbocycles. The van der Waals surface area contributed by atoms with Crippen LogP contribution >= 0.6 is 0 Å². The molecular weight excluding hydrogens is 750 g/mol. The molecule has 306 valence electrons. The van der Waals surface area contributed by atoms with Crippen molar-refractivity contribution in [3.8, 4) is 0 Å². The number of sulfonamides is 1. The van der Waals surface area contributed by atoms with Crippen LogP contribution in [0.2, 0.25) is 0 Å². The largest absolute Gasteiger partial charge is 0.444 e. The Hall–Kier alpha value is -4.80. The van der Waals surface area contributed by atoms with Crippen LogP contribution in [-0.4, -0.2) is 95.0 Å². The molecule has 5 rings (SSSR count). The zero-order valence-electron chi connectivity index (χ0n) is 32.9. The molecule has 1 unspecified atom stereocenters. The Balaban J connectivity index is 1.43. The van der Waals surface area contributed by atoms with Gasteiger partial charge in [-0.25, -0.2) is 22.4 Å². The molecule has 1 saturated heterocycles. The van der Waals surface area contributed by atoms with Gasteiger partial charge in [0, 0.05) is 29.9 Å². The van der Waals surface area contributed by atoms with Crippen molar-refractivity contribution < 1.29 is 51.0 Å². The van der Waals surface area contributed by atoms with Crippen molar-refractivity contribution in [2.45, 2.75) is 128 Å². The van der Waals surface area contributed by atoms with Gasteiger partial charge in [-0.1, -0.05) is 37.6 Å². The van der Waals surface area contributed by atoms with Gasteiger partial charge in [0.05, 0.1) is 18.3 Å². The second-order valence-corrected chi connectivity index (χ2v) is 19.0. The van der Waals surface area contributed by atoms with Gasteiger partial charge in [0.2, 0.25) is 21.8 Å². The highest BCUT2D eigenvalue weighted by atomic mass is 32.2. The lowest BCUT2D eigenvalue weighted by atomic mass is 9.80. The maximum absolute atomic E-state index is 14.6. The Kier molecular flexibility index (Phi) is 11.8. The lowest BCUT2D eigenvalue weighted by molar-refractivity contribution is -0.142. The van der Waals surface area contributed by atoms with E-state index in [1.54, 1.807) is 54.5 Å². The topological polar surface area (TPSA) is 198 Å². The fraction of sp³-hybridized carbons (Fsp3) is 0.590. The Morgan fingerprint density at radius 3 is 2.32 bits per heavy atom. The van der Waals surface area contributed by atoms with E-state index >= 15 is 0 Å². The summed E-state index contributed by atoms with van der Waals surface area (Å²) in [5.41, 5.74) is -2.15. The van der Waals surface area contributed by atoms with Crippen LogP contribution in [-0.2, 0) is 51.8 Å². The molecule has 15 nitrogen and oxygen atoms in total. The zero-order chi connectivity index (χ0) is 41.5. The van der Waals surface area contributed by atoms with Gasteiger partial charge in [-0.3, -0.25) is 28.8 Å². The van der Waals surface area contributed by atoms with E-state index in [-0.39, 0.29) is 44.7 Å². The minimum absolute atomic E-state index is 0.0446. The molecule has 56 heavy (non-hydrogen) atoms. The van der Waals surface area contributed by atoms with Crippen LogP contribution in [0.1, 0.15) is 91.7 Å². The number of likely N-dealkylation sites (tertiary alicyclic amines) is 1. The van der Waals surface area contributed by atoms with Gasteiger partial charge in [-0.15, -0.1) is 6.58 Å². The van der Waals surface area contributed by atoms with E-state index in [0.717, 1.165) is 10.5 Å². The fourth-order valence-electron chi connectivity index (χ4n) is 7.04. The van der Waals surface area contributed by atoms with E-state index in [9.17, 15) is 41.6 Å². The van der Waals surface area contributed by atoms with E-state index in [1.165, 1.54) is 29.2 Å². The molecule has 1 aromatic carbocycles. The Labute approximate surface area is 326 Å². The number of nitrogens with zero attached hydrogens (tertiary/aromatic N) is 2. The molecule has 2 aliphatic heterocycles. The normalized spacial score (nSPS) is 23.6. The first-order valence-electron chi connectivity index (χ1n) is 18.7. The highest BCUT2D eigenvalue weighted by Gasteiger charge is 2.62. The molecule has 3 N–H and O–H groups in total. The van der Waals surface area contributed by atoms with Gasteiger partial charge >= 0.3 is 12.2 Å². The highest BCUT2D eigenvalue weighted by Crippen LogP contribution is 2.45. The van der Waals surface area contributed by atoms with Crippen LogP contribution < -0.4 is 15.4 Å². The van der Waals surface area contributed by atoms with Gasteiger partial charge in [0.25, 0.3) is 5.91 Å². The Bertz CT molecular complexity index is 1950. The summed E-state index contributed by atoms with van der Waals surface area (Å²) in [6.07, 6.45) is 0.401. The van der Waals surface area contributed by atoms with E-state index in [1.807, 2.05) is 0 Å². The molecule has 2 saturated carbocycles. The molecule has 2 heterocycles. The number of fused-ring (bicyclic) bond motifs is 1. The second-order valence-electron chi connectivity index (χ2n) is 17.0. The SMILES string of the molecule is C=C[C@@H]1C[C@]1(NC(=O)[C@@H]1CC(OC(=O)N2Cc3cccc(F)c3C2)CN1C(=O)[C@H](CC(C)(C)C(=O)C=C(C)C)NC(=O)OC(C)(C)C)C(=O)NS(=O)(=O)C1CC1. The maximum Gasteiger partial charge on any atom is 0.410 e. The van der Waals surface area contributed by atoms with Crippen molar-refractivity contribution in [2.24, 2.45) is 11.3 Å². The first-order chi connectivity index (χ1) is 26.0. The van der Waals surface area contributed by atoms with Crippen LogP contribution in [0.15, 0.2) is 42.5 Å². The average Bonchev–Trinajstić information content (AvgIpc) is 3.97. The number of amides is 5. The number of alkyl carbamates (subject to hydrolysis) is 1. The molecule has 1 aromatic rings. The summed E-state index contributed by atoms with van der Waals surface area (Å²) >= 11 is 0. The van der Waals surface area contributed by atoms with Gasteiger partial charge < -0.3 is 25.0 Å². The third-order valence-electron chi connectivity index (χ3n) is 10.3. The van der Waals surface area contributed by atoms with Crippen molar-refractivity contribution in [3.63, 3.8) is 0 Å². The standard InChI is InChI=1S/C39H52FN5O10S/c1-9-24-17-39(24,34(49)43-56(52,53)26-13-14-26)42-32(47)30-16-25(54-36(51)44-19-23-11-10-12-28(40)27(23)21-44)20-45(30)33(48)29(41-35(50)55-37(4,5)6)18-38(7,8)31(46)15-22(2)3/h9-12,15,24-26,29-30H,1,13-14,16-21H2,2-8H3,(H,41,50)(H,42,47)(H,43,49)/t24-,25?,29+,30+,39-/m1/s1. The summed E-state index contributed by atoms with van der Waals surface area (Å²) in [7, 11) is -3.98. The number of carbonyl (C=O) groups is 6. The number of hydrogen-bond acceptors (Lipinski definition) is 10. The van der Waals surface area contributed by atoms with Gasteiger partial charge in [0.15, 0.2) is 5.78 Å². The smallest absolute Gasteiger partial charge is 0.410 e. The number of carbonyl (C=O) groups excluding carboxylic acids is 6. The number of rotatable bonds is 13. The van der Waals surface area contributed by atoms with Crippen molar-refractivity contribution in [3.05, 3.63) is 59.4 Å². The number of benzene rings is 1. The van der Waals surface area contributed by atoms with Gasteiger partial charge in [-0.05, 0) is 78.0 Å². The van der Waals surface area contributed by atoms with Gasteiger partial charge in [0.1, 0.15) is 35.1 Å². The highest BCUT2D eigenvalue weighted by molar-refractivity contribution is 7.91. The minimum atomic E-state index is -3.98. The third-order valence-corrected chi connectivity index (χ3v) is 12.2. The average molecular weight is 802 g/mol. The fourth-order valence-corrected chi connectivity index (χ4v) is 8.40. The first kappa shape index (κ1) is 42.3. The lowest BCUT2D eigenvalue weighted by Crippen LogP contribution is -2.59. The van der Waals surface area contributed by atoms with Crippen LogP contribution in [0.25, 0.3) is 0 Å². The molecular formula is C39H52FN5O10S. The summed E-state index contributed by atoms with van der Waals surface area (Å²) in [6.45, 7) is 15.0. The third kappa shape index (κ3) is 9.59. The number of ketones is 1. The maximum atomic E-state index is 14.6. The van der Waals surface area contributed by atoms with Crippen LogP contribution in [0.4, 0.5) is 14.0 Å². The second kappa shape index (κ2) is 15.6. The van der Waals surface area contributed by atoms with Crippen molar-refractivity contribution >= 4 is 45.7 Å². The number of nitrogens with one attached hydrogen (secondary N) is 3. The van der Waals surface area contributed by atoms with Crippen LogP contribution in [0.5, 0.6) is 0 Å². The van der Waals surface area contributed by atoms with Crippen molar-refractivity contribution in [1.29, 1.82) is 0 Å². The number of hydrogen-bond donors (Lipinski definition) is 3. The minimum Gasteiger partial charge on any atom is -0.444 e. The predicted molar refractivity (Wildman–Crippen MR) is 201 cm³/mol. The quantitative estimate of drug-likeness (QED) is 0.195. The molecule has 0 bridgehead atoms. The zero-order valence-corrected chi connectivity index (χ0v) is 33.7. The number of allylic oxidation sites excluding steroid dienone is 2. The van der Waals surface area contributed by atoms with E-state index < -0.39 is 91.7 Å². The molecule has 5 atom stereocenters. The van der Waals surface area contributed by atoms with E-state index in [4.69, 9.17) is 9.47 Å². The van der Waals surface area contributed by atoms with E-state index in [2.05, 4.69) is 21.9 Å². The molecule has 4 aliphatic rings. The Morgan fingerprint density at radius 1 is 1.07 bits per heavy atom. The summed E-state index contributed by atoms with van der Waals surface area (Å²) in [5.74, 6) is -3.99. The van der Waals surface area contributed by atoms with Crippen LogP contribution in [0, 0.1) is 17.2 Å². The van der Waals surface area contributed by atoms with Crippen LogP contribution in [0.3, 0.4) is 0 Å². The van der Waals surface area contributed by atoms with Gasteiger partial charge in [-0.2, -0.15) is 0 Å². The number of halogens is 1. The number of ether oxygens (including phenoxy) is 2. The lowest BCUT2D eigenvalue weighted by Gasteiger charge is -2.33. The summed E-state index contributed by atoms with van der Waals surface area (Å²) in [4.78, 5) is 84.7. The molecule has 0 aromatic heterocycles. The van der Waals surface area contributed by atoms with Crippen molar-refractivity contribution in [2.75, 3.05) is 6.54 Å². The molecule has 17 heteroatoms. The molecule has 0 spiro atoms. The molecule has 5 amide bonds. The summed E-state index contributed by atoms with van der Waals surface area (Å²) < 4.78 is 53.2. The first-order valence-corrected chi connectivity index (χ1v) is 20.2. The molecule has 0 radical (unpaired) electrons.